The number of aromatic nitrogens is 2. The summed E-state index contributed by atoms with van der Waals surface area (Å²) in [6.07, 6.45) is 4.82. The zero-order valence-corrected chi connectivity index (χ0v) is 21.7. The van der Waals surface area contributed by atoms with E-state index < -0.39 is 6.04 Å². The van der Waals surface area contributed by atoms with Gasteiger partial charge < -0.3 is 14.7 Å². The van der Waals surface area contributed by atoms with Gasteiger partial charge in [-0.2, -0.15) is 4.98 Å². The van der Waals surface area contributed by atoms with Gasteiger partial charge in [0.15, 0.2) is 0 Å². The maximum Gasteiger partial charge on any atom is 0.245 e. The number of carbonyl (C=O) groups excluding carboxylic acids is 2. The van der Waals surface area contributed by atoms with Crippen molar-refractivity contribution >= 4 is 11.8 Å². The van der Waals surface area contributed by atoms with Crippen LogP contribution in [0.2, 0.25) is 0 Å². The number of rotatable bonds is 8. The van der Waals surface area contributed by atoms with Gasteiger partial charge in [-0.3, -0.25) is 14.5 Å². The number of hydrogen-bond donors (Lipinski definition) is 1. The third-order valence-corrected chi connectivity index (χ3v) is 7.51. The van der Waals surface area contributed by atoms with E-state index in [0.717, 1.165) is 43.9 Å². The third-order valence-electron chi connectivity index (χ3n) is 7.51. The van der Waals surface area contributed by atoms with Crippen molar-refractivity contribution in [2.75, 3.05) is 26.2 Å². The highest BCUT2D eigenvalue weighted by atomic mass is 19.1. The summed E-state index contributed by atoms with van der Waals surface area (Å²) in [6.45, 7) is 4.68. The number of carbonyl (C=O) groups is 2. The summed E-state index contributed by atoms with van der Waals surface area (Å²) in [5, 5.41) is 6.90. The topological polar surface area (TPSA) is 91.6 Å². The molecule has 38 heavy (non-hydrogen) atoms. The van der Waals surface area contributed by atoms with Crippen molar-refractivity contribution in [3.8, 4) is 11.4 Å². The Morgan fingerprint density at radius 3 is 2.45 bits per heavy atom. The first-order valence-electron chi connectivity index (χ1n) is 13.4. The monoisotopic (exact) mass is 519 g/mol. The molecule has 9 heteroatoms. The number of nitrogens with zero attached hydrogens (tertiary/aromatic N) is 4. The van der Waals surface area contributed by atoms with E-state index in [1.165, 1.54) is 31.4 Å². The van der Waals surface area contributed by atoms with Crippen molar-refractivity contribution in [3.05, 3.63) is 71.4 Å². The average Bonchev–Trinajstić information content (AvgIpc) is 3.63. The molecule has 1 aliphatic heterocycles. The molecule has 2 aliphatic rings. The summed E-state index contributed by atoms with van der Waals surface area (Å²) >= 11 is 0. The van der Waals surface area contributed by atoms with Crippen molar-refractivity contribution in [2.24, 2.45) is 0 Å². The standard InChI is InChI=1S/C29H34FN5O3/c1-20(36)31-26(18-24-8-4-5-9-25(24)30)29(37)35-16-14-34(15-17-35)19-21-10-12-22(13-11-21)27-32-28(38-33-27)23-6-2-3-7-23/h4-5,8-13,23,26H,2-3,6-7,14-19H2,1H3,(H,31,36)/t26-/m1/s1. The lowest BCUT2D eigenvalue weighted by Crippen LogP contribution is -2.55. The zero-order chi connectivity index (χ0) is 26.5. The Labute approximate surface area is 222 Å². The van der Waals surface area contributed by atoms with Gasteiger partial charge in [0, 0.05) is 57.5 Å². The number of nitrogens with one attached hydrogen (secondary N) is 1. The fraction of sp³-hybridized carbons (Fsp3) is 0.448. The smallest absolute Gasteiger partial charge is 0.245 e. The van der Waals surface area contributed by atoms with Crippen LogP contribution in [0.15, 0.2) is 53.1 Å². The maximum absolute atomic E-state index is 14.2. The summed E-state index contributed by atoms with van der Waals surface area (Å²) in [5.74, 6) is 0.925. The summed E-state index contributed by atoms with van der Waals surface area (Å²) < 4.78 is 19.7. The molecule has 8 nitrogen and oxygen atoms in total. The SMILES string of the molecule is CC(=O)N[C@H](Cc1ccccc1F)C(=O)N1CCN(Cc2ccc(-c3noc(C4CCCC4)n3)cc2)CC1. The van der Waals surface area contributed by atoms with E-state index in [4.69, 9.17) is 4.52 Å². The van der Waals surface area contributed by atoms with Gasteiger partial charge in [0.2, 0.25) is 23.5 Å². The molecular formula is C29H34FN5O3. The molecule has 2 amide bonds. The fourth-order valence-corrected chi connectivity index (χ4v) is 5.38. The predicted molar refractivity (Wildman–Crippen MR) is 141 cm³/mol. The fourth-order valence-electron chi connectivity index (χ4n) is 5.38. The minimum absolute atomic E-state index is 0.125. The van der Waals surface area contributed by atoms with E-state index in [-0.39, 0.29) is 24.1 Å². The molecule has 1 atom stereocenters. The molecule has 2 aromatic carbocycles. The van der Waals surface area contributed by atoms with Gasteiger partial charge >= 0.3 is 0 Å². The molecule has 5 rings (SSSR count). The van der Waals surface area contributed by atoms with E-state index in [1.807, 2.05) is 12.1 Å². The second-order valence-corrected chi connectivity index (χ2v) is 10.3. The Balaban J connectivity index is 1.14. The second-order valence-electron chi connectivity index (χ2n) is 10.3. The van der Waals surface area contributed by atoms with E-state index in [2.05, 4.69) is 32.5 Å². The van der Waals surface area contributed by atoms with E-state index in [1.54, 1.807) is 23.1 Å². The lowest BCUT2D eigenvalue weighted by atomic mass is 10.0. The van der Waals surface area contributed by atoms with Crippen LogP contribution in [0.25, 0.3) is 11.4 Å². The number of benzene rings is 2. The molecule has 1 aromatic heterocycles. The normalized spacial score (nSPS) is 17.5. The van der Waals surface area contributed by atoms with Crippen molar-refractivity contribution in [1.82, 2.24) is 25.3 Å². The van der Waals surface area contributed by atoms with Gasteiger partial charge in [-0.25, -0.2) is 4.39 Å². The molecule has 3 aromatic rings. The van der Waals surface area contributed by atoms with Crippen LogP contribution in [0, 0.1) is 5.82 Å². The predicted octanol–water partition coefficient (Wildman–Crippen LogP) is 3.92. The van der Waals surface area contributed by atoms with Crippen LogP contribution in [0.1, 0.15) is 55.5 Å². The van der Waals surface area contributed by atoms with Gasteiger partial charge in [0.05, 0.1) is 0 Å². The molecular weight excluding hydrogens is 485 g/mol. The third kappa shape index (κ3) is 6.27. The number of hydrogen-bond acceptors (Lipinski definition) is 6. The van der Waals surface area contributed by atoms with Crippen molar-refractivity contribution in [1.29, 1.82) is 0 Å². The Morgan fingerprint density at radius 2 is 1.76 bits per heavy atom. The van der Waals surface area contributed by atoms with Crippen LogP contribution in [0.5, 0.6) is 0 Å². The first-order chi connectivity index (χ1) is 18.5. The van der Waals surface area contributed by atoms with Crippen LogP contribution in [0.3, 0.4) is 0 Å². The first-order valence-corrected chi connectivity index (χ1v) is 13.4. The lowest BCUT2D eigenvalue weighted by molar-refractivity contribution is -0.137. The summed E-state index contributed by atoms with van der Waals surface area (Å²) in [4.78, 5) is 33.7. The average molecular weight is 520 g/mol. The highest BCUT2D eigenvalue weighted by molar-refractivity contribution is 5.87. The van der Waals surface area contributed by atoms with Gasteiger partial charge in [-0.1, -0.05) is 60.5 Å². The molecule has 2 fully saturated rings. The van der Waals surface area contributed by atoms with E-state index >= 15 is 0 Å². The van der Waals surface area contributed by atoms with Crippen molar-refractivity contribution in [3.63, 3.8) is 0 Å². The van der Waals surface area contributed by atoms with E-state index in [0.29, 0.717) is 30.4 Å². The second kappa shape index (κ2) is 11.9. The lowest BCUT2D eigenvalue weighted by Gasteiger charge is -2.36. The van der Waals surface area contributed by atoms with Gasteiger partial charge in [0.1, 0.15) is 11.9 Å². The largest absolute Gasteiger partial charge is 0.344 e. The molecule has 0 bridgehead atoms. The Bertz CT molecular complexity index is 1250. The summed E-state index contributed by atoms with van der Waals surface area (Å²) in [7, 11) is 0. The molecule has 1 aliphatic carbocycles. The molecule has 1 saturated carbocycles. The van der Waals surface area contributed by atoms with Gasteiger partial charge in [-0.15, -0.1) is 0 Å². The number of piperazine rings is 1. The number of amides is 2. The highest BCUT2D eigenvalue weighted by Gasteiger charge is 2.29. The van der Waals surface area contributed by atoms with Crippen LogP contribution in [-0.4, -0.2) is 64.0 Å². The molecule has 1 N–H and O–H groups in total. The van der Waals surface area contributed by atoms with Crippen LogP contribution in [-0.2, 0) is 22.6 Å². The molecule has 1 saturated heterocycles. The van der Waals surface area contributed by atoms with Gasteiger partial charge in [0.25, 0.3) is 0 Å². The van der Waals surface area contributed by atoms with Crippen LogP contribution in [0.4, 0.5) is 4.39 Å². The minimum atomic E-state index is -0.789. The van der Waals surface area contributed by atoms with Crippen molar-refractivity contribution in [2.45, 2.75) is 57.5 Å². The van der Waals surface area contributed by atoms with Gasteiger partial charge in [-0.05, 0) is 30.0 Å². The Hall–Kier alpha value is -3.59. The summed E-state index contributed by atoms with van der Waals surface area (Å²) in [6, 6.07) is 13.8. The molecule has 2 heterocycles. The highest BCUT2D eigenvalue weighted by Crippen LogP contribution is 2.33. The number of halogens is 1. The molecule has 0 unspecified atom stereocenters. The molecule has 0 spiro atoms. The van der Waals surface area contributed by atoms with Crippen LogP contribution >= 0.6 is 0 Å². The quantitative estimate of drug-likeness (QED) is 0.485. The first kappa shape index (κ1) is 26.0. The Morgan fingerprint density at radius 1 is 1.05 bits per heavy atom. The van der Waals surface area contributed by atoms with E-state index in [9.17, 15) is 14.0 Å². The summed E-state index contributed by atoms with van der Waals surface area (Å²) in [5.41, 5.74) is 2.53. The van der Waals surface area contributed by atoms with Crippen LogP contribution < -0.4 is 5.32 Å². The Kier molecular flexibility index (Phi) is 8.12. The van der Waals surface area contributed by atoms with Crippen molar-refractivity contribution < 1.29 is 18.5 Å². The maximum atomic E-state index is 14.2. The zero-order valence-electron chi connectivity index (χ0n) is 21.7. The molecule has 0 radical (unpaired) electrons. The minimum Gasteiger partial charge on any atom is -0.344 e. The molecule has 200 valence electrons.